The van der Waals surface area contributed by atoms with Gasteiger partial charge in [-0.25, -0.2) is 10.1 Å². The molecule has 3 aromatic rings. The number of aromatic nitrogens is 3. The summed E-state index contributed by atoms with van der Waals surface area (Å²) in [5.74, 6) is 1.60. The van der Waals surface area contributed by atoms with Gasteiger partial charge in [-0.05, 0) is 35.9 Å². The zero-order chi connectivity index (χ0) is 18.5. The Morgan fingerprint density at radius 1 is 1.19 bits per heavy atom. The lowest BCUT2D eigenvalue weighted by molar-refractivity contribution is 0.284. The first kappa shape index (κ1) is 18.0. The Bertz CT molecular complexity index is 943. The molecule has 26 heavy (non-hydrogen) atoms. The van der Waals surface area contributed by atoms with E-state index in [9.17, 15) is 0 Å². The van der Waals surface area contributed by atoms with Gasteiger partial charge in [0, 0.05) is 21.8 Å². The fourth-order valence-electron chi connectivity index (χ4n) is 2.13. The summed E-state index contributed by atoms with van der Waals surface area (Å²) >= 11 is 12.1. The third-order valence-electron chi connectivity index (χ3n) is 3.41. The SMILES string of the molecule is COc1cc(C=Nc2n[nH]c(N)n2)ccc1OCc1ccc(Cl)cc1Cl. The average molecular weight is 392 g/mol. The number of nitrogens with one attached hydrogen (secondary N) is 1. The van der Waals surface area contributed by atoms with Gasteiger partial charge in [0.05, 0.1) is 7.11 Å². The minimum absolute atomic E-state index is 0.208. The third kappa shape index (κ3) is 4.44. The van der Waals surface area contributed by atoms with Gasteiger partial charge >= 0.3 is 0 Å². The molecule has 134 valence electrons. The van der Waals surface area contributed by atoms with E-state index in [0.717, 1.165) is 11.1 Å². The number of rotatable bonds is 6. The van der Waals surface area contributed by atoms with E-state index >= 15 is 0 Å². The second kappa shape index (κ2) is 8.07. The summed E-state index contributed by atoms with van der Waals surface area (Å²) in [5, 5.41) is 7.47. The van der Waals surface area contributed by atoms with E-state index in [4.69, 9.17) is 38.4 Å². The molecule has 0 saturated heterocycles. The molecule has 3 N–H and O–H groups in total. The number of aromatic amines is 1. The smallest absolute Gasteiger partial charge is 0.269 e. The van der Waals surface area contributed by atoms with Gasteiger partial charge in [-0.2, -0.15) is 4.98 Å². The molecule has 0 bridgehead atoms. The number of halogens is 2. The van der Waals surface area contributed by atoms with Gasteiger partial charge in [-0.1, -0.05) is 29.3 Å². The lowest BCUT2D eigenvalue weighted by Crippen LogP contribution is -1.99. The van der Waals surface area contributed by atoms with E-state index in [2.05, 4.69) is 20.2 Å². The van der Waals surface area contributed by atoms with Crippen LogP contribution >= 0.6 is 23.2 Å². The molecule has 0 aliphatic rings. The summed E-state index contributed by atoms with van der Waals surface area (Å²) in [6, 6.07) is 10.7. The van der Waals surface area contributed by atoms with E-state index in [0.29, 0.717) is 21.5 Å². The minimum Gasteiger partial charge on any atom is -0.493 e. The fraction of sp³-hybridized carbons (Fsp3) is 0.118. The molecule has 0 aliphatic carbocycles. The van der Waals surface area contributed by atoms with E-state index < -0.39 is 0 Å². The van der Waals surface area contributed by atoms with Gasteiger partial charge in [0.25, 0.3) is 5.95 Å². The summed E-state index contributed by atoms with van der Waals surface area (Å²) in [5.41, 5.74) is 7.08. The fourth-order valence-corrected chi connectivity index (χ4v) is 2.60. The number of benzene rings is 2. The molecule has 0 aliphatic heterocycles. The highest BCUT2D eigenvalue weighted by atomic mass is 35.5. The molecule has 2 aromatic carbocycles. The number of hydrogen-bond acceptors (Lipinski definition) is 6. The maximum Gasteiger partial charge on any atom is 0.269 e. The predicted octanol–water partition coefficient (Wildman–Crippen LogP) is 4.03. The highest BCUT2D eigenvalue weighted by Gasteiger charge is 2.08. The van der Waals surface area contributed by atoms with Crippen molar-refractivity contribution in [2.24, 2.45) is 4.99 Å². The molecule has 7 nitrogen and oxygen atoms in total. The number of nitrogens with zero attached hydrogens (tertiary/aromatic N) is 3. The van der Waals surface area contributed by atoms with Crippen LogP contribution in [0.1, 0.15) is 11.1 Å². The number of anilines is 1. The largest absolute Gasteiger partial charge is 0.493 e. The van der Waals surface area contributed by atoms with Crippen molar-refractivity contribution in [3.05, 3.63) is 57.6 Å². The molecule has 9 heteroatoms. The second-order valence-electron chi connectivity index (χ2n) is 5.21. The average Bonchev–Trinajstić information content (AvgIpc) is 3.05. The van der Waals surface area contributed by atoms with Crippen molar-refractivity contribution in [3.63, 3.8) is 0 Å². The van der Waals surface area contributed by atoms with Crippen LogP contribution in [0, 0.1) is 0 Å². The standard InChI is InChI=1S/C17H15Cl2N5O2/c1-25-15-6-10(8-21-17-22-16(20)23-24-17)2-5-14(15)26-9-11-3-4-12(18)7-13(11)19/h2-8H,9H2,1H3,(H3,20,22,23,24). The molecule has 0 fully saturated rings. The molecule has 0 atom stereocenters. The molecule has 3 rings (SSSR count). The highest BCUT2D eigenvalue weighted by Crippen LogP contribution is 2.30. The number of nitrogens with two attached hydrogens (primary N) is 1. The second-order valence-corrected chi connectivity index (χ2v) is 6.06. The number of ether oxygens (including phenoxy) is 2. The van der Waals surface area contributed by atoms with E-state index in [1.165, 1.54) is 0 Å². The molecule has 0 amide bonds. The molecular formula is C17H15Cl2N5O2. The molecule has 1 heterocycles. The summed E-state index contributed by atoms with van der Waals surface area (Å²) in [4.78, 5) is 8.03. The summed E-state index contributed by atoms with van der Waals surface area (Å²) in [6.07, 6.45) is 1.60. The monoisotopic (exact) mass is 391 g/mol. The van der Waals surface area contributed by atoms with Gasteiger partial charge in [-0.15, -0.1) is 5.10 Å². The van der Waals surface area contributed by atoms with Gasteiger partial charge in [0.1, 0.15) is 6.61 Å². The van der Waals surface area contributed by atoms with Crippen molar-refractivity contribution in [1.82, 2.24) is 15.2 Å². The Morgan fingerprint density at radius 2 is 2.04 bits per heavy atom. The topological polar surface area (TPSA) is 98.4 Å². The third-order valence-corrected chi connectivity index (χ3v) is 3.99. The normalized spacial score (nSPS) is 11.0. The van der Waals surface area contributed by atoms with Gasteiger partial charge in [0.2, 0.25) is 5.95 Å². The Morgan fingerprint density at radius 3 is 2.73 bits per heavy atom. The van der Waals surface area contributed by atoms with Crippen molar-refractivity contribution < 1.29 is 9.47 Å². The van der Waals surface area contributed by atoms with Crippen molar-refractivity contribution >= 4 is 41.3 Å². The van der Waals surface area contributed by atoms with Crippen LogP contribution in [-0.2, 0) is 6.61 Å². The number of nitrogen functional groups attached to an aromatic ring is 1. The van der Waals surface area contributed by atoms with Crippen LogP contribution in [0.4, 0.5) is 11.9 Å². The number of hydrogen-bond donors (Lipinski definition) is 2. The molecular weight excluding hydrogens is 377 g/mol. The number of H-pyrrole nitrogens is 1. The minimum atomic E-state index is 0.208. The van der Waals surface area contributed by atoms with Gasteiger partial charge in [-0.3, -0.25) is 0 Å². The first-order valence-corrected chi connectivity index (χ1v) is 8.27. The van der Waals surface area contributed by atoms with Crippen LogP contribution in [-0.4, -0.2) is 28.5 Å². The van der Waals surface area contributed by atoms with Crippen LogP contribution in [0.15, 0.2) is 41.4 Å². The quantitative estimate of drug-likeness (QED) is 0.617. The Hall–Kier alpha value is -2.77. The molecule has 0 unspecified atom stereocenters. The van der Waals surface area contributed by atoms with Crippen LogP contribution < -0.4 is 15.2 Å². The lowest BCUT2D eigenvalue weighted by atomic mass is 10.2. The Labute approximate surface area is 159 Å². The highest BCUT2D eigenvalue weighted by molar-refractivity contribution is 6.35. The Kier molecular flexibility index (Phi) is 5.60. The van der Waals surface area contributed by atoms with Crippen LogP contribution in [0.25, 0.3) is 0 Å². The summed E-state index contributed by atoms with van der Waals surface area (Å²) in [6.45, 7) is 0.288. The van der Waals surface area contributed by atoms with Crippen molar-refractivity contribution in [2.45, 2.75) is 6.61 Å². The van der Waals surface area contributed by atoms with Crippen molar-refractivity contribution in [3.8, 4) is 11.5 Å². The maximum absolute atomic E-state index is 6.16. The van der Waals surface area contributed by atoms with Crippen LogP contribution in [0.3, 0.4) is 0 Å². The number of aliphatic imine (C=N–C) groups is 1. The summed E-state index contributed by atoms with van der Waals surface area (Å²) < 4.78 is 11.2. The molecule has 0 spiro atoms. The van der Waals surface area contributed by atoms with Crippen LogP contribution in [0.2, 0.25) is 10.0 Å². The van der Waals surface area contributed by atoms with Crippen LogP contribution in [0.5, 0.6) is 11.5 Å². The van der Waals surface area contributed by atoms with Gasteiger partial charge in [0.15, 0.2) is 11.5 Å². The van der Waals surface area contributed by atoms with Gasteiger partial charge < -0.3 is 15.2 Å². The molecule has 0 radical (unpaired) electrons. The lowest BCUT2D eigenvalue weighted by Gasteiger charge is -2.12. The van der Waals surface area contributed by atoms with Crippen molar-refractivity contribution in [2.75, 3.05) is 12.8 Å². The molecule has 0 saturated carbocycles. The predicted molar refractivity (Wildman–Crippen MR) is 102 cm³/mol. The first-order chi connectivity index (χ1) is 12.5. The number of methoxy groups -OCH3 is 1. The zero-order valence-corrected chi connectivity index (χ0v) is 15.3. The van der Waals surface area contributed by atoms with E-state index in [1.807, 2.05) is 12.1 Å². The maximum atomic E-state index is 6.16. The van der Waals surface area contributed by atoms with E-state index in [1.54, 1.807) is 37.6 Å². The zero-order valence-electron chi connectivity index (χ0n) is 13.7. The Balaban J connectivity index is 1.73. The van der Waals surface area contributed by atoms with Crippen molar-refractivity contribution in [1.29, 1.82) is 0 Å². The first-order valence-electron chi connectivity index (χ1n) is 7.52. The van der Waals surface area contributed by atoms with E-state index in [-0.39, 0.29) is 18.5 Å². The molecule has 1 aromatic heterocycles. The summed E-state index contributed by atoms with van der Waals surface area (Å²) in [7, 11) is 1.56.